The van der Waals surface area contributed by atoms with E-state index in [4.69, 9.17) is 38.9 Å². The van der Waals surface area contributed by atoms with Gasteiger partial charge in [-0.1, -0.05) is 29.3 Å². The molecular formula is C26H29Cl2N5O3. The van der Waals surface area contributed by atoms with Gasteiger partial charge in [-0.15, -0.1) is 0 Å². The Hall–Kier alpha value is -3.02. The second kappa shape index (κ2) is 11.4. The molecule has 2 amide bonds. The highest BCUT2D eigenvalue weighted by Crippen LogP contribution is 2.39. The van der Waals surface area contributed by atoms with Gasteiger partial charge in [0.2, 0.25) is 17.7 Å². The third-order valence-electron chi connectivity index (χ3n) is 7.14. The van der Waals surface area contributed by atoms with Crippen LogP contribution in [0.3, 0.4) is 0 Å². The number of hydrogen-bond acceptors (Lipinski definition) is 6. The van der Waals surface area contributed by atoms with Gasteiger partial charge >= 0.3 is 0 Å². The van der Waals surface area contributed by atoms with Crippen LogP contribution in [0.1, 0.15) is 37.7 Å². The maximum Gasteiger partial charge on any atom is 0.236 e. The van der Waals surface area contributed by atoms with Gasteiger partial charge in [0.1, 0.15) is 12.5 Å². The first-order valence-corrected chi connectivity index (χ1v) is 12.8. The van der Waals surface area contributed by atoms with E-state index >= 15 is 0 Å². The average molecular weight is 530 g/mol. The normalized spacial score (nSPS) is 21.2. The Morgan fingerprint density at radius 2 is 1.92 bits per heavy atom. The molecule has 2 fully saturated rings. The Morgan fingerprint density at radius 1 is 1.17 bits per heavy atom. The number of nitrogen functional groups attached to an aromatic ring is 1. The van der Waals surface area contributed by atoms with E-state index in [2.05, 4.69) is 4.98 Å². The topological polar surface area (TPSA) is 113 Å². The van der Waals surface area contributed by atoms with Crippen LogP contribution in [0.25, 0.3) is 0 Å². The molecule has 2 saturated heterocycles. The lowest BCUT2D eigenvalue weighted by molar-refractivity contribution is -0.139. The Bertz CT molecular complexity index is 1150. The number of ether oxygens (including phenoxy) is 1. The van der Waals surface area contributed by atoms with Crippen molar-refractivity contribution in [3.63, 3.8) is 0 Å². The van der Waals surface area contributed by atoms with Gasteiger partial charge in [-0.2, -0.15) is 5.26 Å². The third kappa shape index (κ3) is 5.85. The zero-order valence-corrected chi connectivity index (χ0v) is 21.6. The van der Waals surface area contributed by atoms with Crippen LogP contribution >= 0.6 is 23.2 Å². The van der Waals surface area contributed by atoms with Crippen molar-refractivity contribution in [2.24, 2.45) is 11.8 Å². The van der Waals surface area contributed by atoms with E-state index in [0.717, 1.165) is 5.56 Å². The number of aromatic nitrogens is 1. The number of benzene rings is 1. The monoisotopic (exact) mass is 529 g/mol. The first-order valence-electron chi connectivity index (χ1n) is 12.0. The first-order chi connectivity index (χ1) is 17.3. The molecule has 36 heavy (non-hydrogen) atoms. The molecular weight excluding hydrogens is 501 g/mol. The quantitative estimate of drug-likeness (QED) is 0.601. The van der Waals surface area contributed by atoms with Crippen molar-refractivity contribution >= 4 is 40.7 Å². The van der Waals surface area contributed by atoms with E-state index in [0.29, 0.717) is 60.6 Å². The summed E-state index contributed by atoms with van der Waals surface area (Å²) in [6.07, 6.45) is 2.38. The van der Waals surface area contributed by atoms with Gasteiger partial charge in [0.05, 0.1) is 28.0 Å². The van der Waals surface area contributed by atoms with E-state index in [9.17, 15) is 9.59 Å². The van der Waals surface area contributed by atoms with E-state index in [-0.39, 0.29) is 42.1 Å². The molecule has 2 aromatic rings. The number of carbonyl (C=O) groups is 2. The molecule has 190 valence electrons. The SMILES string of the molecule is C[C@H](Oc1ccc(N)cn1)[C@H]1CN(C(=O)C2CCN(C(=O)CC#N)CC2)C[C@@H]1c1ccc(Cl)c(Cl)c1. The van der Waals surface area contributed by atoms with Gasteiger partial charge in [0.25, 0.3) is 0 Å². The first kappa shape index (κ1) is 26.1. The fraction of sp³-hybridized carbons (Fsp3) is 0.462. The zero-order chi connectivity index (χ0) is 25.8. The number of pyridine rings is 1. The summed E-state index contributed by atoms with van der Waals surface area (Å²) in [7, 11) is 0. The summed E-state index contributed by atoms with van der Waals surface area (Å²) in [5, 5.41) is 9.74. The Labute approximate surface area is 220 Å². The van der Waals surface area contributed by atoms with Crippen LogP contribution < -0.4 is 10.5 Å². The van der Waals surface area contributed by atoms with Crippen molar-refractivity contribution < 1.29 is 14.3 Å². The van der Waals surface area contributed by atoms with Gasteiger partial charge in [0, 0.05) is 50.0 Å². The van der Waals surface area contributed by atoms with Crippen molar-refractivity contribution in [1.82, 2.24) is 14.8 Å². The minimum atomic E-state index is -0.233. The van der Waals surface area contributed by atoms with E-state index in [1.807, 2.05) is 30.0 Å². The van der Waals surface area contributed by atoms with Gasteiger partial charge in [0.15, 0.2) is 0 Å². The van der Waals surface area contributed by atoms with E-state index < -0.39 is 0 Å². The summed E-state index contributed by atoms with van der Waals surface area (Å²) in [5.74, 6) is 0.245. The van der Waals surface area contributed by atoms with Crippen molar-refractivity contribution in [3.05, 3.63) is 52.1 Å². The van der Waals surface area contributed by atoms with Crippen LogP contribution in [-0.2, 0) is 9.59 Å². The van der Waals surface area contributed by atoms with Crippen LogP contribution in [0.15, 0.2) is 36.5 Å². The lowest BCUT2D eigenvalue weighted by Gasteiger charge is -2.33. The van der Waals surface area contributed by atoms with Gasteiger partial charge < -0.3 is 20.3 Å². The molecule has 0 spiro atoms. The van der Waals surface area contributed by atoms with E-state index in [1.165, 1.54) is 0 Å². The molecule has 2 N–H and O–H groups in total. The number of nitrogens with two attached hydrogens (primary N) is 1. The van der Waals surface area contributed by atoms with Crippen molar-refractivity contribution in [3.8, 4) is 11.9 Å². The number of likely N-dealkylation sites (tertiary alicyclic amines) is 2. The minimum absolute atomic E-state index is 0.00263. The molecule has 8 nitrogen and oxygen atoms in total. The Kier molecular flexibility index (Phi) is 8.22. The molecule has 1 aromatic heterocycles. The molecule has 1 aromatic carbocycles. The summed E-state index contributed by atoms with van der Waals surface area (Å²) in [4.78, 5) is 33.4. The van der Waals surface area contributed by atoms with Gasteiger partial charge in [-0.05, 0) is 43.5 Å². The number of nitrogens with zero attached hydrogens (tertiary/aromatic N) is 4. The number of amides is 2. The molecule has 10 heteroatoms. The van der Waals surface area contributed by atoms with E-state index in [1.54, 1.807) is 29.3 Å². The molecule has 0 saturated carbocycles. The Morgan fingerprint density at radius 3 is 2.56 bits per heavy atom. The smallest absolute Gasteiger partial charge is 0.236 e. The number of halogens is 2. The molecule has 0 bridgehead atoms. The highest BCUT2D eigenvalue weighted by atomic mass is 35.5. The van der Waals surface area contributed by atoms with Crippen LogP contribution in [0.2, 0.25) is 10.0 Å². The number of carbonyl (C=O) groups excluding carboxylic acids is 2. The van der Waals surface area contributed by atoms with Crippen molar-refractivity contribution in [2.45, 2.75) is 38.2 Å². The average Bonchev–Trinajstić information content (AvgIpc) is 3.32. The highest BCUT2D eigenvalue weighted by molar-refractivity contribution is 6.42. The fourth-order valence-electron chi connectivity index (χ4n) is 5.13. The van der Waals surface area contributed by atoms with Crippen molar-refractivity contribution in [1.29, 1.82) is 5.26 Å². The predicted molar refractivity (Wildman–Crippen MR) is 138 cm³/mol. The molecule has 3 atom stereocenters. The standard InChI is InChI=1S/C26H29Cl2N5O3/c1-16(36-24-5-3-19(30)13-31-24)20-14-33(15-21(20)18-2-4-22(27)23(28)12-18)26(35)17-7-10-32(11-8-17)25(34)6-9-29/h2-5,12-13,16-17,20-21H,6-8,10-11,14-15,30H2,1H3/t16-,20+,21+/m0/s1. The number of hydrogen-bond donors (Lipinski definition) is 1. The molecule has 0 radical (unpaired) electrons. The maximum atomic E-state index is 13.5. The highest BCUT2D eigenvalue weighted by Gasteiger charge is 2.42. The summed E-state index contributed by atoms with van der Waals surface area (Å²) in [6.45, 7) is 4.05. The molecule has 2 aliphatic rings. The maximum absolute atomic E-state index is 13.5. The van der Waals surface area contributed by atoms with Crippen LogP contribution in [0, 0.1) is 23.2 Å². The number of piperidine rings is 1. The molecule has 0 unspecified atom stereocenters. The third-order valence-corrected chi connectivity index (χ3v) is 7.88. The van der Waals surface area contributed by atoms with Gasteiger partial charge in [-0.25, -0.2) is 4.98 Å². The number of rotatable bonds is 6. The fourth-order valence-corrected chi connectivity index (χ4v) is 5.44. The molecule has 2 aliphatic heterocycles. The number of nitriles is 1. The van der Waals surface area contributed by atoms with Crippen LogP contribution in [0.4, 0.5) is 5.69 Å². The van der Waals surface area contributed by atoms with Crippen LogP contribution in [0.5, 0.6) is 5.88 Å². The lowest BCUT2D eigenvalue weighted by atomic mass is 9.86. The molecule has 4 rings (SSSR count). The molecule has 3 heterocycles. The predicted octanol–water partition coefficient (Wildman–Crippen LogP) is 4.13. The molecule has 0 aliphatic carbocycles. The largest absolute Gasteiger partial charge is 0.474 e. The lowest BCUT2D eigenvalue weighted by Crippen LogP contribution is -2.44. The van der Waals surface area contributed by atoms with Crippen LogP contribution in [-0.4, -0.2) is 58.9 Å². The van der Waals surface area contributed by atoms with Crippen molar-refractivity contribution in [2.75, 3.05) is 31.9 Å². The summed E-state index contributed by atoms with van der Waals surface area (Å²) >= 11 is 12.5. The minimum Gasteiger partial charge on any atom is -0.474 e. The summed E-state index contributed by atoms with van der Waals surface area (Å²) in [5.41, 5.74) is 7.30. The second-order valence-corrected chi connectivity index (χ2v) is 10.2. The second-order valence-electron chi connectivity index (χ2n) is 9.43. The summed E-state index contributed by atoms with van der Waals surface area (Å²) in [6, 6.07) is 11.0. The van der Waals surface area contributed by atoms with Gasteiger partial charge in [-0.3, -0.25) is 9.59 Å². The zero-order valence-electron chi connectivity index (χ0n) is 20.1. The summed E-state index contributed by atoms with van der Waals surface area (Å²) < 4.78 is 6.16. The Balaban J connectivity index is 1.49. The number of anilines is 1.